The molecule has 0 radical (unpaired) electrons. The number of hydrogen-bond acceptors (Lipinski definition) is 3. The topological polar surface area (TPSA) is 45.5 Å². The quantitative estimate of drug-likeness (QED) is 0.747. The van der Waals surface area contributed by atoms with E-state index >= 15 is 0 Å². The van der Waals surface area contributed by atoms with Crippen molar-refractivity contribution in [1.82, 2.24) is 4.90 Å². The molecule has 1 aromatic heterocycles. The fourth-order valence-corrected chi connectivity index (χ4v) is 3.86. The molecule has 0 aliphatic carbocycles. The number of carbonyl (C=O) groups excluding carboxylic acids is 1. The molecule has 4 rings (SSSR count). The molecule has 2 heterocycles. The molecule has 1 fully saturated rings. The van der Waals surface area contributed by atoms with Gasteiger partial charge in [-0.1, -0.05) is 30.3 Å². The van der Waals surface area contributed by atoms with Gasteiger partial charge in [0.15, 0.2) is 5.76 Å². The van der Waals surface area contributed by atoms with Crippen molar-refractivity contribution < 1.29 is 9.21 Å². The van der Waals surface area contributed by atoms with E-state index in [4.69, 9.17) is 4.42 Å². The molecular weight excluding hydrogens is 324 g/mol. The van der Waals surface area contributed by atoms with Crippen molar-refractivity contribution in [2.75, 3.05) is 18.4 Å². The van der Waals surface area contributed by atoms with E-state index in [-0.39, 0.29) is 11.9 Å². The van der Waals surface area contributed by atoms with E-state index in [2.05, 4.69) is 30.4 Å². The molecule has 3 aromatic rings. The third-order valence-electron chi connectivity index (χ3n) is 5.30. The Morgan fingerprint density at radius 2 is 1.81 bits per heavy atom. The number of hydrogen-bond donors (Lipinski definition) is 1. The van der Waals surface area contributed by atoms with Crippen LogP contribution in [0.1, 0.15) is 33.7 Å². The molecule has 1 atom stereocenters. The van der Waals surface area contributed by atoms with E-state index in [0.717, 1.165) is 46.3 Å². The SMILES string of the molecule is Cc1ccc(C)c2c(C)c(C(=O)N3CCC(Nc4ccccc4)C3)oc12. The molecule has 1 aliphatic rings. The molecule has 0 bridgehead atoms. The lowest BCUT2D eigenvalue weighted by Gasteiger charge is -2.17. The second kappa shape index (κ2) is 6.52. The molecule has 2 aromatic carbocycles. The second-order valence-electron chi connectivity index (χ2n) is 7.21. The molecule has 1 saturated heterocycles. The van der Waals surface area contributed by atoms with Crippen molar-refractivity contribution in [2.45, 2.75) is 33.2 Å². The van der Waals surface area contributed by atoms with Crippen LogP contribution >= 0.6 is 0 Å². The van der Waals surface area contributed by atoms with Crippen molar-refractivity contribution in [3.05, 3.63) is 64.9 Å². The first-order valence-electron chi connectivity index (χ1n) is 9.14. The van der Waals surface area contributed by atoms with E-state index in [1.54, 1.807) is 0 Å². The molecule has 1 aliphatic heterocycles. The Morgan fingerprint density at radius 1 is 1.08 bits per heavy atom. The van der Waals surface area contributed by atoms with E-state index in [9.17, 15) is 4.79 Å². The van der Waals surface area contributed by atoms with Gasteiger partial charge in [-0.25, -0.2) is 0 Å². The lowest BCUT2D eigenvalue weighted by molar-refractivity contribution is 0.0761. The van der Waals surface area contributed by atoms with E-state index in [0.29, 0.717) is 12.3 Å². The number of carbonyl (C=O) groups is 1. The average Bonchev–Trinajstić information content (AvgIpc) is 3.24. The number of para-hydroxylation sites is 1. The highest BCUT2D eigenvalue weighted by Crippen LogP contribution is 2.32. The van der Waals surface area contributed by atoms with Gasteiger partial charge in [-0.2, -0.15) is 0 Å². The largest absolute Gasteiger partial charge is 0.450 e. The first kappa shape index (κ1) is 16.7. The molecule has 0 saturated carbocycles. The van der Waals surface area contributed by atoms with Gasteiger partial charge < -0.3 is 14.6 Å². The standard InChI is InChI=1S/C22H24N2O2/c1-14-9-10-15(2)20-19(14)16(3)21(26-20)22(25)24-12-11-18(13-24)23-17-7-5-4-6-8-17/h4-10,18,23H,11-13H2,1-3H3. The zero-order valence-corrected chi connectivity index (χ0v) is 15.5. The van der Waals surface area contributed by atoms with Gasteiger partial charge in [-0.15, -0.1) is 0 Å². The number of nitrogens with one attached hydrogen (secondary N) is 1. The summed E-state index contributed by atoms with van der Waals surface area (Å²) in [5.74, 6) is 0.479. The van der Waals surface area contributed by atoms with Crippen molar-refractivity contribution in [2.24, 2.45) is 0 Å². The number of fused-ring (bicyclic) bond motifs is 1. The Balaban J connectivity index is 1.55. The molecule has 134 valence electrons. The summed E-state index contributed by atoms with van der Waals surface area (Å²) in [4.78, 5) is 15.0. The van der Waals surface area contributed by atoms with Crippen LogP contribution in [-0.2, 0) is 0 Å². The lowest BCUT2D eigenvalue weighted by atomic mass is 10.0. The van der Waals surface area contributed by atoms with Crippen molar-refractivity contribution in [3.8, 4) is 0 Å². The van der Waals surface area contributed by atoms with Crippen molar-refractivity contribution >= 4 is 22.6 Å². The number of nitrogens with zero attached hydrogens (tertiary/aromatic N) is 1. The fourth-order valence-electron chi connectivity index (χ4n) is 3.86. The van der Waals surface area contributed by atoms with E-state index in [1.165, 1.54) is 0 Å². The Hall–Kier alpha value is -2.75. The minimum absolute atomic E-state index is 0.00476. The first-order valence-corrected chi connectivity index (χ1v) is 9.14. The molecule has 1 unspecified atom stereocenters. The highest BCUT2D eigenvalue weighted by atomic mass is 16.3. The van der Waals surface area contributed by atoms with Gasteiger partial charge in [0, 0.05) is 35.8 Å². The maximum Gasteiger partial charge on any atom is 0.289 e. The number of anilines is 1. The number of likely N-dealkylation sites (tertiary alicyclic amines) is 1. The Bertz CT molecular complexity index is 959. The van der Waals surface area contributed by atoms with Crippen molar-refractivity contribution in [1.29, 1.82) is 0 Å². The van der Waals surface area contributed by atoms with Gasteiger partial charge in [-0.3, -0.25) is 4.79 Å². The fraction of sp³-hybridized carbons (Fsp3) is 0.318. The van der Waals surface area contributed by atoms with Crippen molar-refractivity contribution in [3.63, 3.8) is 0 Å². The van der Waals surface area contributed by atoms with Gasteiger partial charge in [0.2, 0.25) is 0 Å². The predicted octanol–water partition coefficient (Wildman–Crippen LogP) is 4.68. The van der Waals surface area contributed by atoms with Crippen LogP contribution in [0.15, 0.2) is 46.9 Å². The number of rotatable bonds is 3. The molecule has 0 spiro atoms. The summed E-state index contributed by atoms with van der Waals surface area (Å²) in [5, 5.41) is 4.59. The smallest absolute Gasteiger partial charge is 0.289 e. The minimum atomic E-state index is -0.00476. The summed E-state index contributed by atoms with van der Waals surface area (Å²) in [5.41, 5.74) is 5.10. The third kappa shape index (κ3) is 2.85. The molecule has 4 heteroatoms. The van der Waals surface area contributed by atoms with Gasteiger partial charge in [-0.05, 0) is 50.5 Å². The molecule has 26 heavy (non-hydrogen) atoms. The van der Waals surface area contributed by atoms with Gasteiger partial charge in [0.05, 0.1) is 0 Å². The Labute approximate surface area is 153 Å². The van der Waals surface area contributed by atoms with Crippen LogP contribution < -0.4 is 5.32 Å². The van der Waals surface area contributed by atoms with Crippen LogP contribution in [0, 0.1) is 20.8 Å². The van der Waals surface area contributed by atoms with Crippen LogP contribution in [0.5, 0.6) is 0 Å². The summed E-state index contributed by atoms with van der Waals surface area (Å²) in [6.07, 6.45) is 0.942. The molecule has 4 nitrogen and oxygen atoms in total. The zero-order valence-electron chi connectivity index (χ0n) is 15.5. The van der Waals surface area contributed by atoms with Gasteiger partial charge in [0.25, 0.3) is 5.91 Å². The van der Waals surface area contributed by atoms with Crippen LogP contribution in [0.2, 0.25) is 0 Å². The highest BCUT2D eigenvalue weighted by Gasteiger charge is 2.30. The molecule has 1 amide bonds. The molecule has 1 N–H and O–H groups in total. The predicted molar refractivity (Wildman–Crippen MR) is 105 cm³/mol. The van der Waals surface area contributed by atoms with E-state index < -0.39 is 0 Å². The minimum Gasteiger partial charge on any atom is -0.450 e. The Kier molecular flexibility index (Phi) is 4.19. The first-order chi connectivity index (χ1) is 12.5. The van der Waals surface area contributed by atoms with Crippen LogP contribution in [0.4, 0.5) is 5.69 Å². The second-order valence-corrected chi connectivity index (χ2v) is 7.21. The van der Waals surface area contributed by atoms with Crippen LogP contribution in [0.25, 0.3) is 11.0 Å². The van der Waals surface area contributed by atoms with Crippen LogP contribution in [0.3, 0.4) is 0 Å². The Morgan fingerprint density at radius 3 is 2.54 bits per heavy atom. The number of aryl methyl sites for hydroxylation is 3. The number of furan rings is 1. The monoisotopic (exact) mass is 348 g/mol. The lowest BCUT2D eigenvalue weighted by Crippen LogP contribution is -2.31. The summed E-state index contributed by atoms with van der Waals surface area (Å²) in [7, 11) is 0. The number of amides is 1. The van der Waals surface area contributed by atoms with E-state index in [1.807, 2.05) is 43.0 Å². The van der Waals surface area contributed by atoms with Gasteiger partial charge in [0.1, 0.15) is 5.58 Å². The zero-order chi connectivity index (χ0) is 18.3. The summed E-state index contributed by atoms with van der Waals surface area (Å²) in [6, 6.07) is 14.6. The molecular formula is C22H24N2O2. The van der Waals surface area contributed by atoms with Gasteiger partial charge >= 0.3 is 0 Å². The summed E-state index contributed by atoms with van der Waals surface area (Å²) in [6.45, 7) is 7.52. The third-order valence-corrected chi connectivity index (χ3v) is 5.30. The number of benzene rings is 2. The maximum atomic E-state index is 13.1. The summed E-state index contributed by atoms with van der Waals surface area (Å²) >= 11 is 0. The average molecular weight is 348 g/mol. The highest BCUT2D eigenvalue weighted by molar-refractivity contribution is 6.00. The summed E-state index contributed by atoms with van der Waals surface area (Å²) < 4.78 is 6.03. The maximum absolute atomic E-state index is 13.1. The normalized spacial score (nSPS) is 17.0. The van der Waals surface area contributed by atoms with Crippen LogP contribution in [-0.4, -0.2) is 29.9 Å².